The van der Waals surface area contributed by atoms with Crippen LogP contribution in [0.4, 0.5) is 11.4 Å². The van der Waals surface area contributed by atoms with Gasteiger partial charge in [0, 0.05) is 30.4 Å². The van der Waals surface area contributed by atoms with Gasteiger partial charge in [-0.15, -0.1) is 0 Å². The Bertz CT molecular complexity index is 923. The van der Waals surface area contributed by atoms with Crippen LogP contribution in [0.2, 0.25) is 0 Å². The minimum Gasteiger partial charge on any atom is -0.493 e. The van der Waals surface area contributed by atoms with Crippen molar-refractivity contribution in [3.63, 3.8) is 0 Å². The van der Waals surface area contributed by atoms with Crippen molar-refractivity contribution in [3.05, 3.63) is 54.1 Å². The highest BCUT2D eigenvalue weighted by atomic mass is 16.5. The molecule has 0 atom stereocenters. The van der Waals surface area contributed by atoms with Gasteiger partial charge in [0.05, 0.1) is 13.7 Å². The first kappa shape index (κ1) is 21.4. The maximum absolute atomic E-state index is 12.3. The van der Waals surface area contributed by atoms with Crippen LogP contribution in [0, 0.1) is 0 Å². The molecule has 1 fully saturated rings. The molecule has 158 valence electrons. The third-order valence-electron chi connectivity index (χ3n) is 4.87. The van der Waals surface area contributed by atoms with Crippen molar-refractivity contribution in [1.29, 1.82) is 0 Å². The van der Waals surface area contributed by atoms with E-state index in [2.05, 4.69) is 12.2 Å². The normalized spacial score (nSPS) is 13.7. The molecule has 6 nitrogen and oxygen atoms in total. The molecular weight excluding hydrogens is 380 g/mol. The number of nitrogens with zero attached hydrogens (tertiary/aromatic N) is 1. The summed E-state index contributed by atoms with van der Waals surface area (Å²) in [4.78, 5) is 26.0. The third-order valence-corrected chi connectivity index (χ3v) is 4.87. The van der Waals surface area contributed by atoms with Crippen molar-refractivity contribution in [2.45, 2.75) is 32.6 Å². The quantitative estimate of drug-likeness (QED) is 0.484. The van der Waals surface area contributed by atoms with E-state index in [0.717, 1.165) is 37.1 Å². The molecule has 6 heteroatoms. The van der Waals surface area contributed by atoms with Gasteiger partial charge >= 0.3 is 0 Å². The lowest BCUT2D eigenvalue weighted by Crippen LogP contribution is -2.23. The number of carbonyl (C=O) groups excluding carboxylic acids is 2. The van der Waals surface area contributed by atoms with E-state index in [9.17, 15) is 9.59 Å². The monoisotopic (exact) mass is 408 g/mol. The topological polar surface area (TPSA) is 67.9 Å². The first-order valence-corrected chi connectivity index (χ1v) is 10.3. The van der Waals surface area contributed by atoms with E-state index >= 15 is 0 Å². The number of amides is 2. The molecule has 1 aliphatic heterocycles. The molecule has 2 aromatic rings. The molecule has 1 N–H and O–H groups in total. The number of anilines is 2. The second-order valence-corrected chi connectivity index (χ2v) is 7.13. The minimum absolute atomic E-state index is 0.120. The zero-order chi connectivity index (χ0) is 21.3. The molecule has 0 saturated carbocycles. The van der Waals surface area contributed by atoms with Crippen LogP contribution in [0.1, 0.15) is 38.2 Å². The Kier molecular flexibility index (Phi) is 7.49. The number of rotatable bonds is 9. The summed E-state index contributed by atoms with van der Waals surface area (Å²) in [5.41, 5.74) is 2.29. The molecule has 1 saturated heterocycles. The lowest BCUT2D eigenvalue weighted by molar-refractivity contribution is -0.117. The van der Waals surface area contributed by atoms with Gasteiger partial charge in [-0.1, -0.05) is 25.5 Å². The molecule has 30 heavy (non-hydrogen) atoms. The van der Waals surface area contributed by atoms with Gasteiger partial charge in [0.25, 0.3) is 0 Å². The van der Waals surface area contributed by atoms with Gasteiger partial charge in [0.2, 0.25) is 11.8 Å². The van der Waals surface area contributed by atoms with E-state index in [1.165, 1.54) is 6.08 Å². The van der Waals surface area contributed by atoms with Crippen LogP contribution in [0.15, 0.2) is 48.5 Å². The molecule has 0 aromatic heterocycles. The van der Waals surface area contributed by atoms with Crippen molar-refractivity contribution in [2.75, 3.05) is 30.5 Å². The summed E-state index contributed by atoms with van der Waals surface area (Å²) in [5.74, 6) is 1.20. The SMILES string of the molecule is CCCCOc1ccc(/C=C/C(=O)Nc2cccc(N3CCCC3=O)c2)cc1OC. The average molecular weight is 408 g/mol. The molecule has 1 heterocycles. The van der Waals surface area contributed by atoms with E-state index in [-0.39, 0.29) is 11.8 Å². The van der Waals surface area contributed by atoms with Crippen LogP contribution in [0.3, 0.4) is 0 Å². The Hall–Kier alpha value is -3.28. The molecule has 2 amide bonds. The van der Waals surface area contributed by atoms with E-state index in [0.29, 0.717) is 30.2 Å². The number of hydrogen-bond donors (Lipinski definition) is 1. The number of ether oxygens (including phenoxy) is 2. The summed E-state index contributed by atoms with van der Waals surface area (Å²) in [5, 5.41) is 2.85. The van der Waals surface area contributed by atoms with E-state index < -0.39 is 0 Å². The molecule has 0 unspecified atom stereocenters. The Labute approximate surface area is 177 Å². The average Bonchev–Trinajstić information content (AvgIpc) is 3.19. The number of hydrogen-bond acceptors (Lipinski definition) is 4. The van der Waals surface area contributed by atoms with Crippen molar-refractivity contribution in [3.8, 4) is 11.5 Å². The van der Waals surface area contributed by atoms with Crippen LogP contribution < -0.4 is 19.7 Å². The number of carbonyl (C=O) groups is 2. The van der Waals surface area contributed by atoms with Crippen molar-refractivity contribution >= 4 is 29.3 Å². The summed E-state index contributed by atoms with van der Waals surface area (Å²) in [7, 11) is 1.60. The standard InChI is InChI=1S/C24H28N2O4/c1-3-4-15-30-21-12-10-18(16-22(21)29-2)11-13-23(27)25-19-7-5-8-20(17-19)26-14-6-9-24(26)28/h5,7-8,10-13,16-17H,3-4,6,9,14-15H2,1-2H3,(H,25,27)/b13-11+. The smallest absolute Gasteiger partial charge is 0.248 e. The van der Waals surface area contributed by atoms with Crippen LogP contribution in [-0.2, 0) is 9.59 Å². The van der Waals surface area contributed by atoms with Gasteiger partial charge in [0.1, 0.15) is 0 Å². The molecule has 0 spiro atoms. The highest BCUT2D eigenvalue weighted by Crippen LogP contribution is 2.29. The number of benzene rings is 2. The zero-order valence-corrected chi connectivity index (χ0v) is 17.5. The highest BCUT2D eigenvalue weighted by Gasteiger charge is 2.21. The van der Waals surface area contributed by atoms with E-state index in [1.54, 1.807) is 24.2 Å². The summed E-state index contributed by atoms with van der Waals surface area (Å²) < 4.78 is 11.1. The number of methoxy groups -OCH3 is 1. The second-order valence-electron chi connectivity index (χ2n) is 7.13. The molecule has 2 aromatic carbocycles. The summed E-state index contributed by atoms with van der Waals surface area (Å²) in [6, 6.07) is 12.9. The predicted octanol–water partition coefficient (Wildman–Crippen LogP) is 4.65. The predicted molar refractivity (Wildman–Crippen MR) is 119 cm³/mol. The molecule has 1 aliphatic rings. The fraction of sp³-hybridized carbons (Fsp3) is 0.333. The Morgan fingerprint density at radius 3 is 2.80 bits per heavy atom. The van der Waals surface area contributed by atoms with Crippen molar-refractivity contribution in [1.82, 2.24) is 0 Å². The van der Waals surface area contributed by atoms with E-state index in [1.807, 2.05) is 36.4 Å². The van der Waals surface area contributed by atoms with Crippen LogP contribution >= 0.6 is 0 Å². The van der Waals surface area contributed by atoms with Crippen LogP contribution in [0.5, 0.6) is 11.5 Å². The third kappa shape index (κ3) is 5.63. The van der Waals surface area contributed by atoms with Gasteiger partial charge in [-0.05, 0) is 54.8 Å². The summed E-state index contributed by atoms with van der Waals surface area (Å²) >= 11 is 0. The lowest BCUT2D eigenvalue weighted by atomic mass is 10.2. The highest BCUT2D eigenvalue weighted by molar-refractivity contribution is 6.02. The fourth-order valence-electron chi connectivity index (χ4n) is 3.26. The van der Waals surface area contributed by atoms with E-state index in [4.69, 9.17) is 9.47 Å². The molecule has 0 bridgehead atoms. The number of unbranched alkanes of at least 4 members (excludes halogenated alkanes) is 1. The number of nitrogens with one attached hydrogen (secondary N) is 1. The Morgan fingerprint density at radius 2 is 2.07 bits per heavy atom. The minimum atomic E-state index is -0.248. The van der Waals surface area contributed by atoms with Gasteiger partial charge in [-0.3, -0.25) is 9.59 Å². The molecule has 0 radical (unpaired) electrons. The first-order valence-electron chi connectivity index (χ1n) is 10.3. The fourth-order valence-corrected chi connectivity index (χ4v) is 3.26. The molecule has 3 rings (SSSR count). The van der Waals surface area contributed by atoms with Crippen LogP contribution in [0.25, 0.3) is 6.08 Å². The first-order chi connectivity index (χ1) is 14.6. The maximum atomic E-state index is 12.3. The summed E-state index contributed by atoms with van der Waals surface area (Å²) in [6.45, 7) is 3.48. The zero-order valence-electron chi connectivity index (χ0n) is 17.5. The van der Waals surface area contributed by atoms with Gasteiger partial charge in [-0.25, -0.2) is 0 Å². The lowest BCUT2D eigenvalue weighted by Gasteiger charge is -2.16. The summed E-state index contributed by atoms with van der Waals surface area (Å²) in [6.07, 6.45) is 6.68. The Morgan fingerprint density at radius 1 is 1.20 bits per heavy atom. The van der Waals surface area contributed by atoms with Gasteiger partial charge in [-0.2, -0.15) is 0 Å². The largest absolute Gasteiger partial charge is 0.493 e. The van der Waals surface area contributed by atoms with Gasteiger partial charge in [0.15, 0.2) is 11.5 Å². The molecular formula is C24H28N2O4. The van der Waals surface area contributed by atoms with Crippen molar-refractivity contribution < 1.29 is 19.1 Å². The van der Waals surface area contributed by atoms with Gasteiger partial charge < -0.3 is 19.7 Å². The van der Waals surface area contributed by atoms with Crippen molar-refractivity contribution in [2.24, 2.45) is 0 Å². The maximum Gasteiger partial charge on any atom is 0.248 e. The molecule has 0 aliphatic carbocycles. The van der Waals surface area contributed by atoms with Crippen LogP contribution in [-0.4, -0.2) is 32.1 Å². The second kappa shape index (κ2) is 10.5. The Balaban J connectivity index is 1.62.